The van der Waals surface area contributed by atoms with Crippen molar-refractivity contribution in [3.8, 4) is 0 Å². The summed E-state index contributed by atoms with van der Waals surface area (Å²) in [5.41, 5.74) is 0.378. The summed E-state index contributed by atoms with van der Waals surface area (Å²) in [5.74, 6) is -1.50. The molecule has 0 spiro atoms. The third-order valence-electron chi connectivity index (χ3n) is 2.59. The molecule has 1 aromatic heterocycles. The smallest absolute Gasteiger partial charge is 0.335 e. The van der Waals surface area contributed by atoms with Gasteiger partial charge in [-0.2, -0.15) is 0 Å². The van der Waals surface area contributed by atoms with E-state index in [-0.39, 0.29) is 21.2 Å². The van der Waals surface area contributed by atoms with Crippen molar-refractivity contribution in [2.45, 2.75) is 10.6 Å². The van der Waals surface area contributed by atoms with Gasteiger partial charge in [-0.15, -0.1) is 0 Å². The number of sulfone groups is 1. The van der Waals surface area contributed by atoms with Crippen LogP contribution in [0.1, 0.15) is 15.9 Å². The summed E-state index contributed by atoms with van der Waals surface area (Å²) in [6.45, 7) is 0. The largest absolute Gasteiger partial charge is 0.478 e. The zero-order chi connectivity index (χ0) is 14.8. The van der Waals surface area contributed by atoms with Crippen LogP contribution in [0, 0.1) is 0 Å². The number of aromatic nitrogens is 1. The average molecular weight is 312 g/mol. The van der Waals surface area contributed by atoms with E-state index in [0.717, 1.165) is 6.07 Å². The molecule has 5 nitrogen and oxygen atoms in total. The molecule has 0 aliphatic carbocycles. The molecular weight excluding hydrogens is 302 g/mol. The molecule has 0 saturated carbocycles. The van der Waals surface area contributed by atoms with Gasteiger partial charge in [0.15, 0.2) is 9.84 Å². The number of aromatic carboxylic acids is 1. The SMILES string of the molecule is O=C(O)c1ccc(Cl)c(S(=O)(=O)Cc2cccnc2)c1. The van der Waals surface area contributed by atoms with Gasteiger partial charge in [0.2, 0.25) is 0 Å². The van der Waals surface area contributed by atoms with Crippen molar-refractivity contribution in [2.75, 3.05) is 0 Å². The maximum absolute atomic E-state index is 12.3. The summed E-state index contributed by atoms with van der Waals surface area (Å²) in [4.78, 5) is 14.5. The second-order valence-corrected chi connectivity index (χ2v) is 6.44. The lowest BCUT2D eigenvalue weighted by molar-refractivity contribution is 0.0696. The van der Waals surface area contributed by atoms with Crippen molar-refractivity contribution in [1.82, 2.24) is 4.98 Å². The third kappa shape index (κ3) is 3.15. The standard InChI is InChI=1S/C13H10ClNO4S/c14-11-4-3-10(13(16)17)6-12(11)20(18,19)8-9-2-1-5-15-7-9/h1-7H,8H2,(H,16,17). The number of hydrogen-bond donors (Lipinski definition) is 1. The molecule has 0 atom stereocenters. The summed E-state index contributed by atoms with van der Waals surface area (Å²) < 4.78 is 24.6. The van der Waals surface area contributed by atoms with Crippen molar-refractivity contribution in [3.63, 3.8) is 0 Å². The Balaban J connectivity index is 2.44. The van der Waals surface area contributed by atoms with Crippen LogP contribution in [0.5, 0.6) is 0 Å². The van der Waals surface area contributed by atoms with Gasteiger partial charge in [0.1, 0.15) is 0 Å². The highest BCUT2D eigenvalue weighted by Crippen LogP contribution is 2.25. The monoisotopic (exact) mass is 311 g/mol. The minimum atomic E-state index is -3.74. The predicted molar refractivity (Wildman–Crippen MR) is 73.5 cm³/mol. The highest BCUT2D eigenvalue weighted by molar-refractivity contribution is 7.90. The molecule has 104 valence electrons. The highest BCUT2D eigenvalue weighted by Gasteiger charge is 2.20. The molecule has 0 bridgehead atoms. The first kappa shape index (κ1) is 14.5. The summed E-state index contributed by atoms with van der Waals surface area (Å²) in [6.07, 6.45) is 2.97. The van der Waals surface area contributed by atoms with Gasteiger partial charge < -0.3 is 5.11 Å². The van der Waals surface area contributed by atoms with Gasteiger partial charge in [-0.25, -0.2) is 13.2 Å². The Bertz CT molecular complexity index is 744. The molecule has 20 heavy (non-hydrogen) atoms. The van der Waals surface area contributed by atoms with Crippen LogP contribution in [0.25, 0.3) is 0 Å². The first-order chi connectivity index (χ1) is 9.40. The van der Waals surface area contributed by atoms with E-state index < -0.39 is 15.8 Å². The maximum Gasteiger partial charge on any atom is 0.335 e. The number of halogens is 1. The van der Waals surface area contributed by atoms with Crippen LogP contribution in [0.4, 0.5) is 0 Å². The zero-order valence-electron chi connectivity index (χ0n) is 10.2. The van der Waals surface area contributed by atoms with Crippen LogP contribution in [-0.4, -0.2) is 24.5 Å². The van der Waals surface area contributed by atoms with E-state index in [1.165, 1.54) is 24.5 Å². The quantitative estimate of drug-likeness (QED) is 0.937. The van der Waals surface area contributed by atoms with E-state index in [1.54, 1.807) is 12.1 Å². The Kier molecular flexibility index (Phi) is 4.06. The molecule has 1 aromatic carbocycles. The Morgan fingerprint density at radius 3 is 2.65 bits per heavy atom. The molecule has 0 saturated heterocycles. The molecule has 7 heteroatoms. The van der Waals surface area contributed by atoms with Gasteiger partial charge in [-0.1, -0.05) is 17.7 Å². The molecule has 0 aliphatic heterocycles. The van der Waals surface area contributed by atoms with Crippen LogP contribution in [-0.2, 0) is 15.6 Å². The number of carbonyl (C=O) groups is 1. The first-order valence-corrected chi connectivity index (χ1v) is 7.58. The van der Waals surface area contributed by atoms with Crippen molar-refractivity contribution in [2.24, 2.45) is 0 Å². The minimum Gasteiger partial charge on any atom is -0.478 e. The summed E-state index contributed by atoms with van der Waals surface area (Å²) in [7, 11) is -3.74. The van der Waals surface area contributed by atoms with E-state index in [9.17, 15) is 13.2 Å². The number of rotatable bonds is 4. The lowest BCUT2D eigenvalue weighted by Gasteiger charge is -2.07. The Labute approximate surface area is 120 Å². The average Bonchev–Trinajstić information content (AvgIpc) is 2.39. The van der Waals surface area contributed by atoms with E-state index in [1.807, 2.05) is 0 Å². The second kappa shape index (κ2) is 5.60. The lowest BCUT2D eigenvalue weighted by atomic mass is 10.2. The summed E-state index contributed by atoms with van der Waals surface area (Å²) in [6, 6.07) is 6.84. The number of carboxylic acids is 1. The Hall–Kier alpha value is -1.92. The molecule has 1 N–H and O–H groups in total. The number of carboxylic acid groups (broad SMARTS) is 1. The fraction of sp³-hybridized carbons (Fsp3) is 0.0769. The lowest BCUT2D eigenvalue weighted by Crippen LogP contribution is -2.08. The van der Waals surface area contributed by atoms with Crippen LogP contribution in [0.3, 0.4) is 0 Å². The molecule has 0 aliphatic rings. The predicted octanol–water partition coefficient (Wildman–Crippen LogP) is 2.41. The van der Waals surface area contributed by atoms with Gasteiger partial charge >= 0.3 is 5.97 Å². The van der Waals surface area contributed by atoms with E-state index in [4.69, 9.17) is 16.7 Å². The van der Waals surface area contributed by atoms with Crippen molar-refractivity contribution in [1.29, 1.82) is 0 Å². The van der Waals surface area contributed by atoms with Crippen LogP contribution in [0.15, 0.2) is 47.6 Å². The number of pyridine rings is 1. The van der Waals surface area contributed by atoms with Crippen LogP contribution < -0.4 is 0 Å². The maximum atomic E-state index is 12.3. The van der Waals surface area contributed by atoms with Gasteiger partial charge in [0.25, 0.3) is 0 Å². The highest BCUT2D eigenvalue weighted by atomic mass is 35.5. The molecule has 1 heterocycles. The van der Waals surface area contributed by atoms with Crippen molar-refractivity contribution < 1.29 is 18.3 Å². The molecule has 0 radical (unpaired) electrons. The zero-order valence-corrected chi connectivity index (χ0v) is 11.7. The topological polar surface area (TPSA) is 84.3 Å². The van der Waals surface area contributed by atoms with E-state index in [0.29, 0.717) is 5.56 Å². The molecule has 0 amide bonds. The molecular formula is C13H10ClNO4S. The van der Waals surface area contributed by atoms with E-state index in [2.05, 4.69) is 4.98 Å². The number of benzene rings is 1. The Morgan fingerprint density at radius 1 is 1.30 bits per heavy atom. The summed E-state index contributed by atoms with van der Waals surface area (Å²) in [5, 5.41) is 8.91. The van der Waals surface area contributed by atoms with Gasteiger partial charge in [0.05, 0.1) is 21.2 Å². The molecule has 2 aromatic rings. The van der Waals surface area contributed by atoms with Gasteiger partial charge in [-0.05, 0) is 29.8 Å². The Morgan fingerprint density at radius 2 is 2.05 bits per heavy atom. The molecule has 0 fully saturated rings. The fourth-order valence-electron chi connectivity index (χ4n) is 1.66. The normalized spacial score (nSPS) is 11.2. The van der Waals surface area contributed by atoms with Crippen molar-refractivity contribution in [3.05, 3.63) is 58.9 Å². The van der Waals surface area contributed by atoms with E-state index >= 15 is 0 Å². The van der Waals surface area contributed by atoms with Crippen molar-refractivity contribution >= 4 is 27.4 Å². The summed E-state index contributed by atoms with van der Waals surface area (Å²) >= 11 is 5.86. The first-order valence-electron chi connectivity index (χ1n) is 5.54. The number of hydrogen-bond acceptors (Lipinski definition) is 4. The fourth-order valence-corrected chi connectivity index (χ4v) is 3.56. The second-order valence-electron chi connectivity index (χ2n) is 4.07. The van der Waals surface area contributed by atoms with Gasteiger partial charge in [-0.3, -0.25) is 4.98 Å². The van der Waals surface area contributed by atoms with Crippen LogP contribution >= 0.6 is 11.6 Å². The van der Waals surface area contributed by atoms with Gasteiger partial charge in [0, 0.05) is 12.4 Å². The molecule has 2 rings (SSSR count). The third-order valence-corrected chi connectivity index (χ3v) is 4.76. The van der Waals surface area contributed by atoms with Crippen LogP contribution in [0.2, 0.25) is 5.02 Å². The number of nitrogens with zero attached hydrogens (tertiary/aromatic N) is 1. The molecule has 0 unspecified atom stereocenters. The minimum absolute atomic E-state index is 0.00103.